The molecule has 0 saturated heterocycles. The maximum absolute atomic E-state index is 9.70. The minimum absolute atomic E-state index is 0.191. The summed E-state index contributed by atoms with van der Waals surface area (Å²) in [5.74, 6) is -0.773. The van der Waals surface area contributed by atoms with Crippen LogP contribution in [0.25, 0.3) is 0 Å². The molecule has 0 saturated carbocycles. The number of urea groups is 1. The summed E-state index contributed by atoms with van der Waals surface area (Å²) in [5, 5.41) is 7.99. The summed E-state index contributed by atoms with van der Waals surface area (Å²) in [7, 11) is 0. The van der Waals surface area contributed by atoms with E-state index in [4.69, 9.17) is 15.6 Å². The Morgan fingerprint density at radius 3 is 1.73 bits per heavy atom. The molecule has 0 unspecified atom stereocenters. The molecule has 2 amide bonds. The minimum atomic E-state index is -0.833. The van der Waals surface area contributed by atoms with E-state index >= 15 is 0 Å². The predicted octanol–water partition coefficient (Wildman–Crippen LogP) is -1.17. The van der Waals surface area contributed by atoms with Crippen LogP contribution in [0, 0.1) is 0 Å². The van der Waals surface area contributed by atoms with Gasteiger partial charge in [-0.1, -0.05) is 0 Å². The number of amides is 2. The van der Waals surface area contributed by atoms with E-state index in [2.05, 4.69) is 11.5 Å². The number of carbonyl (C=O) groups is 2. The van der Waals surface area contributed by atoms with Crippen LogP contribution in [0.15, 0.2) is 0 Å². The third kappa shape index (κ3) is 53.6. The van der Waals surface area contributed by atoms with Gasteiger partial charge in [-0.15, -0.1) is 0 Å². The standard InChI is InChI=1S/C4H9NO2.CH4N2O/c5-3-1-2-4(6)7;2-1(3)4/h1-3,5H2,(H,6,7);(H4,2,3,4). The van der Waals surface area contributed by atoms with Gasteiger partial charge in [-0.25, -0.2) is 4.79 Å². The van der Waals surface area contributed by atoms with Gasteiger partial charge < -0.3 is 22.3 Å². The predicted molar refractivity (Wildman–Crippen MR) is 39.7 cm³/mol. The first kappa shape index (κ1) is 12.4. The molecule has 66 valence electrons. The largest absolute Gasteiger partial charge is 0.481 e. The number of primary amides is 2. The Bertz CT molecular complexity index is 122. The zero-order valence-corrected chi connectivity index (χ0v) is 6.12. The molecule has 6 heteroatoms. The molecule has 0 rings (SSSR count). The van der Waals surface area contributed by atoms with Gasteiger partial charge in [0, 0.05) is 6.42 Å². The molecule has 0 aromatic rings. The zero-order valence-electron chi connectivity index (χ0n) is 6.12. The van der Waals surface area contributed by atoms with Gasteiger partial charge in [0.1, 0.15) is 0 Å². The van der Waals surface area contributed by atoms with Gasteiger partial charge in [0.15, 0.2) is 0 Å². The van der Waals surface area contributed by atoms with E-state index in [1.165, 1.54) is 0 Å². The maximum Gasteiger partial charge on any atom is 0.309 e. The van der Waals surface area contributed by atoms with Crippen molar-refractivity contribution in [3.63, 3.8) is 0 Å². The van der Waals surface area contributed by atoms with Crippen molar-refractivity contribution in [2.24, 2.45) is 17.2 Å². The van der Waals surface area contributed by atoms with Crippen LogP contribution in [0.3, 0.4) is 0 Å². The summed E-state index contributed by atoms with van der Waals surface area (Å²) in [4.78, 5) is 18.7. The van der Waals surface area contributed by atoms with E-state index in [0.717, 1.165) is 0 Å². The molecular formula is C5H13N3O3. The van der Waals surface area contributed by atoms with Crippen molar-refractivity contribution in [1.82, 2.24) is 0 Å². The fourth-order valence-corrected chi connectivity index (χ4v) is 0.253. The Balaban J connectivity index is 0. The first-order valence-corrected chi connectivity index (χ1v) is 2.97. The second-order valence-corrected chi connectivity index (χ2v) is 1.69. The highest BCUT2D eigenvalue weighted by Crippen LogP contribution is 1.82. The second-order valence-electron chi connectivity index (χ2n) is 1.69. The molecule has 0 spiro atoms. The SMILES string of the molecule is NC(N)=O.NCCCC(=O)O. The van der Waals surface area contributed by atoms with E-state index in [9.17, 15) is 4.79 Å². The molecule has 0 radical (unpaired) electrons. The number of carbonyl (C=O) groups excluding carboxylic acids is 1. The highest BCUT2D eigenvalue weighted by molar-refractivity contribution is 5.69. The van der Waals surface area contributed by atoms with E-state index in [0.29, 0.717) is 13.0 Å². The molecule has 11 heavy (non-hydrogen) atoms. The van der Waals surface area contributed by atoms with Crippen LogP contribution in [0.4, 0.5) is 4.79 Å². The number of carboxylic acids is 1. The van der Waals surface area contributed by atoms with Crippen LogP contribution in [0.1, 0.15) is 12.8 Å². The lowest BCUT2D eigenvalue weighted by Crippen LogP contribution is -2.18. The van der Waals surface area contributed by atoms with Gasteiger partial charge in [0.05, 0.1) is 0 Å². The van der Waals surface area contributed by atoms with Gasteiger partial charge in [-0.2, -0.15) is 0 Å². The minimum Gasteiger partial charge on any atom is -0.481 e. The Labute approximate surface area is 64.3 Å². The topological polar surface area (TPSA) is 132 Å². The maximum atomic E-state index is 9.70. The number of aliphatic carboxylic acids is 1. The molecule has 0 aromatic carbocycles. The number of nitrogens with two attached hydrogens (primary N) is 3. The average Bonchev–Trinajstić information content (AvgIpc) is 1.82. The number of carboxylic acid groups (broad SMARTS) is 1. The molecule has 6 nitrogen and oxygen atoms in total. The lowest BCUT2D eigenvalue weighted by Gasteiger charge is -1.86. The fraction of sp³-hybridized carbons (Fsp3) is 0.600. The van der Waals surface area contributed by atoms with Crippen molar-refractivity contribution in [3.05, 3.63) is 0 Å². The fourth-order valence-electron chi connectivity index (χ4n) is 0.253. The highest BCUT2D eigenvalue weighted by Gasteiger charge is 1.91. The molecule has 0 aromatic heterocycles. The molecule has 0 aliphatic heterocycles. The van der Waals surface area contributed by atoms with Gasteiger partial charge in [-0.05, 0) is 13.0 Å². The van der Waals surface area contributed by atoms with E-state index < -0.39 is 12.0 Å². The van der Waals surface area contributed by atoms with Crippen LogP contribution in [0.2, 0.25) is 0 Å². The van der Waals surface area contributed by atoms with E-state index in [1.807, 2.05) is 0 Å². The average molecular weight is 163 g/mol. The first-order chi connectivity index (χ1) is 5.00. The molecule has 0 bridgehead atoms. The van der Waals surface area contributed by atoms with Crippen LogP contribution in [-0.4, -0.2) is 23.7 Å². The molecule has 7 N–H and O–H groups in total. The van der Waals surface area contributed by atoms with Crippen molar-refractivity contribution >= 4 is 12.0 Å². The number of rotatable bonds is 3. The van der Waals surface area contributed by atoms with Gasteiger partial charge >= 0.3 is 12.0 Å². The Morgan fingerprint density at radius 1 is 1.27 bits per heavy atom. The first-order valence-electron chi connectivity index (χ1n) is 2.97. The highest BCUT2D eigenvalue weighted by atomic mass is 16.4. The normalized spacial score (nSPS) is 7.73. The smallest absolute Gasteiger partial charge is 0.309 e. The lowest BCUT2D eigenvalue weighted by molar-refractivity contribution is -0.137. The van der Waals surface area contributed by atoms with E-state index in [-0.39, 0.29) is 6.42 Å². The van der Waals surface area contributed by atoms with Crippen LogP contribution < -0.4 is 17.2 Å². The second kappa shape index (κ2) is 8.70. The van der Waals surface area contributed by atoms with Gasteiger partial charge in [0.25, 0.3) is 0 Å². The van der Waals surface area contributed by atoms with Gasteiger partial charge in [0.2, 0.25) is 0 Å². The molecule has 0 fully saturated rings. The summed E-state index contributed by atoms with van der Waals surface area (Å²) in [6.07, 6.45) is 0.770. The van der Waals surface area contributed by atoms with Gasteiger partial charge in [-0.3, -0.25) is 4.79 Å². The number of hydrogen-bond donors (Lipinski definition) is 4. The van der Waals surface area contributed by atoms with Crippen molar-refractivity contribution in [2.45, 2.75) is 12.8 Å². The third-order valence-corrected chi connectivity index (χ3v) is 0.595. The molecule has 0 aliphatic rings. The number of hydrogen-bond acceptors (Lipinski definition) is 3. The quantitative estimate of drug-likeness (QED) is 0.417. The molecular weight excluding hydrogens is 150 g/mol. The monoisotopic (exact) mass is 163 g/mol. The molecule has 0 heterocycles. The summed E-state index contributed by atoms with van der Waals surface area (Å²) in [6.45, 7) is 0.465. The molecule has 0 atom stereocenters. The van der Waals surface area contributed by atoms with E-state index in [1.54, 1.807) is 0 Å². The van der Waals surface area contributed by atoms with Crippen LogP contribution >= 0.6 is 0 Å². The molecule has 0 aliphatic carbocycles. The summed E-state index contributed by atoms with van der Waals surface area (Å²) < 4.78 is 0. The van der Waals surface area contributed by atoms with Crippen LogP contribution in [0.5, 0.6) is 0 Å². The van der Waals surface area contributed by atoms with Crippen LogP contribution in [-0.2, 0) is 4.79 Å². The van der Waals surface area contributed by atoms with Crippen molar-refractivity contribution in [1.29, 1.82) is 0 Å². The summed E-state index contributed by atoms with van der Waals surface area (Å²) in [5.41, 5.74) is 13.5. The van der Waals surface area contributed by atoms with Crippen molar-refractivity contribution in [2.75, 3.05) is 6.54 Å². The Hall–Kier alpha value is -1.30. The summed E-state index contributed by atoms with van der Waals surface area (Å²) in [6, 6.07) is -0.833. The lowest BCUT2D eigenvalue weighted by atomic mass is 10.3. The van der Waals surface area contributed by atoms with Crippen molar-refractivity contribution in [3.8, 4) is 0 Å². The summed E-state index contributed by atoms with van der Waals surface area (Å²) >= 11 is 0. The van der Waals surface area contributed by atoms with Crippen molar-refractivity contribution < 1.29 is 14.7 Å². The third-order valence-electron chi connectivity index (χ3n) is 0.595. The zero-order chi connectivity index (χ0) is 9.28. The Kier molecular flexibility index (Phi) is 9.79. The Morgan fingerprint density at radius 2 is 1.64 bits per heavy atom.